The molecule has 0 atom stereocenters. The van der Waals surface area contributed by atoms with Gasteiger partial charge in [0.05, 0.1) is 0 Å². The number of nitrogens with zero attached hydrogens (tertiary/aromatic N) is 8. The molecule has 0 spiro atoms. The molecular weight excluding hydrogens is 442 g/mol. The van der Waals surface area contributed by atoms with Gasteiger partial charge in [-0.1, -0.05) is 6.33 Å². The third-order valence-corrected chi connectivity index (χ3v) is 3.95. The molecular formula is C14H20N8O6Zn+2. The molecule has 4 rings (SSSR count). The second-order valence-electron chi connectivity index (χ2n) is 5.50. The van der Waals surface area contributed by atoms with Gasteiger partial charge in [-0.2, -0.15) is 0 Å². The van der Waals surface area contributed by atoms with E-state index in [1.165, 1.54) is 35.9 Å². The molecule has 152 valence electrons. The van der Waals surface area contributed by atoms with E-state index in [0.29, 0.717) is 11.5 Å². The van der Waals surface area contributed by atoms with Gasteiger partial charge in [0.1, 0.15) is 12.0 Å². The number of fused-ring (bicyclic) bond motifs is 2. The first-order chi connectivity index (χ1) is 12.3. The van der Waals surface area contributed by atoms with Crippen molar-refractivity contribution in [1.29, 1.82) is 0 Å². The van der Waals surface area contributed by atoms with Crippen LogP contribution in [0, 0.1) is 0 Å². The standard InChI is InChI=1S/2C7H8N4O2.2H2O.Zn/c2*1-10-5-4(8-3-9-5)6(12)11(2)7(10)13;;;/h3H,1-2H3,(H,8,9,12);3,12H,1-2H3;2*1H2;/q;;;;+2. The fraction of sp³-hybridized carbons (Fsp3) is 0.286. The summed E-state index contributed by atoms with van der Waals surface area (Å²) in [6.07, 6.45) is 2.54. The fourth-order valence-electron chi connectivity index (χ4n) is 2.44. The fourth-order valence-corrected chi connectivity index (χ4v) is 2.44. The Morgan fingerprint density at radius 3 is 2.07 bits per heavy atom. The molecule has 0 saturated carbocycles. The number of aromatic nitrogens is 8. The Kier molecular flexibility index (Phi) is 8.34. The minimum atomic E-state index is -0.407. The minimum Gasteiger partial charge on any atom is -0.858 e. The summed E-state index contributed by atoms with van der Waals surface area (Å²) in [5, 5.41) is 11.4. The van der Waals surface area contributed by atoms with E-state index >= 15 is 0 Å². The summed E-state index contributed by atoms with van der Waals surface area (Å²) in [6, 6.07) is 0. The molecule has 2 aliphatic heterocycles. The maximum absolute atomic E-state index is 11.4. The molecule has 0 amide bonds. The first-order valence-electron chi connectivity index (χ1n) is 7.32. The van der Waals surface area contributed by atoms with E-state index in [2.05, 4.69) is 19.9 Å². The third-order valence-electron chi connectivity index (χ3n) is 3.95. The molecule has 2 aromatic heterocycles. The van der Waals surface area contributed by atoms with Gasteiger partial charge in [-0.3, -0.25) is 18.5 Å². The van der Waals surface area contributed by atoms with Crippen molar-refractivity contribution in [2.24, 2.45) is 28.2 Å². The molecule has 0 unspecified atom stereocenters. The second kappa shape index (κ2) is 9.36. The van der Waals surface area contributed by atoms with Gasteiger partial charge in [0.15, 0.2) is 5.82 Å². The van der Waals surface area contributed by atoms with Gasteiger partial charge < -0.3 is 30.6 Å². The molecule has 15 heteroatoms. The van der Waals surface area contributed by atoms with E-state index in [1.807, 2.05) is 0 Å². The van der Waals surface area contributed by atoms with E-state index in [1.54, 1.807) is 14.1 Å². The second-order valence-corrected chi connectivity index (χ2v) is 5.50. The Balaban J connectivity index is 0.000000490. The molecule has 4 heterocycles. The van der Waals surface area contributed by atoms with E-state index in [4.69, 9.17) is 0 Å². The molecule has 0 fully saturated rings. The largest absolute Gasteiger partial charge is 2.00 e. The van der Waals surface area contributed by atoms with E-state index < -0.39 is 22.8 Å². The summed E-state index contributed by atoms with van der Waals surface area (Å²) >= 11 is 0. The molecule has 0 bridgehead atoms. The summed E-state index contributed by atoms with van der Waals surface area (Å²) in [5.74, 6) is -0.0799. The molecule has 0 aromatic carbocycles. The van der Waals surface area contributed by atoms with Crippen LogP contribution in [0.1, 0.15) is 0 Å². The van der Waals surface area contributed by atoms with Crippen molar-refractivity contribution >= 4 is 11.2 Å². The molecule has 2 aromatic rings. The van der Waals surface area contributed by atoms with Crippen LogP contribution in [0.15, 0.2) is 27.0 Å². The Hall–Kier alpha value is -3.16. The van der Waals surface area contributed by atoms with Crippen molar-refractivity contribution in [3.63, 3.8) is 0 Å². The molecule has 6 N–H and O–H groups in total. The number of hydrogen-bond acceptors (Lipinski definition) is 7. The van der Waals surface area contributed by atoms with Crippen LogP contribution in [-0.2, 0) is 58.6 Å². The van der Waals surface area contributed by atoms with Gasteiger partial charge in [0.2, 0.25) is 0 Å². The number of hydrogen-bond donors (Lipinski definition) is 0. The third kappa shape index (κ3) is 4.01. The average Bonchev–Trinajstić information content (AvgIpc) is 3.31. The van der Waals surface area contributed by atoms with E-state index in [9.17, 15) is 19.5 Å². The summed E-state index contributed by atoms with van der Waals surface area (Å²) in [7, 11) is 5.94. The summed E-state index contributed by atoms with van der Waals surface area (Å²) in [5.41, 5.74) is -0.408. The first-order valence-corrected chi connectivity index (χ1v) is 7.32. The Morgan fingerprint density at radius 2 is 1.45 bits per heavy atom. The zero-order valence-corrected chi connectivity index (χ0v) is 19.2. The average molecular weight is 462 g/mol. The van der Waals surface area contributed by atoms with Crippen LogP contribution in [-0.4, -0.2) is 33.2 Å². The summed E-state index contributed by atoms with van der Waals surface area (Å²) in [4.78, 5) is 49.3. The van der Waals surface area contributed by atoms with Crippen molar-refractivity contribution in [2.45, 2.75) is 0 Å². The molecule has 0 saturated heterocycles. The maximum atomic E-state index is 11.4. The molecule has 14 nitrogen and oxygen atoms in total. The smallest absolute Gasteiger partial charge is 0.858 e. The van der Waals surface area contributed by atoms with Gasteiger partial charge in [-0.25, -0.2) is 19.6 Å². The van der Waals surface area contributed by atoms with Crippen LogP contribution in [0.5, 0.6) is 5.88 Å². The Bertz CT molecular complexity index is 1270. The van der Waals surface area contributed by atoms with Crippen LogP contribution >= 0.6 is 0 Å². The van der Waals surface area contributed by atoms with Gasteiger partial charge in [0, 0.05) is 39.4 Å². The first kappa shape index (κ1) is 25.8. The molecule has 29 heavy (non-hydrogen) atoms. The van der Waals surface area contributed by atoms with Crippen molar-refractivity contribution in [2.75, 3.05) is 0 Å². The summed E-state index contributed by atoms with van der Waals surface area (Å²) < 4.78 is 4.61. The van der Waals surface area contributed by atoms with Crippen molar-refractivity contribution < 1.29 is 35.5 Å². The molecule has 0 radical (unpaired) electrons. The van der Waals surface area contributed by atoms with Gasteiger partial charge in [0.25, 0.3) is 5.56 Å². The van der Waals surface area contributed by atoms with Crippen molar-refractivity contribution in [3.05, 3.63) is 44.0 Å². The monoisotopic (exact) mass is 460 g/mol. The zero-order chi connectivity index (χ0) is 19.2. The zero-order valence-electron chi connectivity index (χ0n) is 16.2. The Morgan fingerprint density at radius 1 is 0.862 bits per heavy atom. The Labute approximate surface area is 174 Å². The van der Waals surface area contributed by atoms with E-state index in [0.717, 1.165) is 9.13 Å². The van der Waals surface area contributed by atoms with Crippen LogP contribution in [0.2, 0.25) is 0 Å². The van der Waals surface area contributed by atoms with Crippen molar-refractivity contribution in [1.82, 2.24) is 38.2 Å². The quantitative estimate of drug-likeness (QED) is 0.183. The molecule has 2 aliphatic rings. The SMILES string of the molecule is Cn1c(=O)c2[n-]cnc2n(C)c1=O.Cn1c2ncnc-2c([O-])n(C)c1=O.[OH3+].[OH3+].[Zn+2]. The van der Waals surface area contributed by atoms with Crippen LogP contribution in [0.4, 0.5) is 0 Å². The number of imidazole rings is 2. The predicted octanol–water partition coefficient (Wildman–Crippen LogP) is -4.56. The van der Waals surface area contributed by atoms with Crippen LogP contribution in [0.25, 0.3) is 22.7 Å². The molecule has 0 aliphatic carbocycles. The maximum Gasteiger partial charge on any atom is 2.00 e. The normalized spacial score (nSPS) is 9.79. The number of aryl methyl sites for hydroxylation is 1. The topological polar surface area (TPSA) is 213 Å². The van der Waals surface area contributed by atoms with Gasteiger partial charge in [-0.05, 0) is 5.88 Å². The van der Waals surface area contributed by atoms with E-state index in [-0.39, 0.29) is 41.6 Å². The number of rotatable bonds is 0. The van der Waals surface area contributed by atoms with Gasteiger partial charge >= 0.3 is 30.9 Å². The summed E-state index contributed by atoms with van der Waals surface area (Å²) in [6.45, 7) is 0. The van der Waals surface area contributed by atoms with Crippen LogP contribution < -0.4 is 27.0 Å². The van der Waals surface area contributed by atoms with Crippen molar-refractivity contribution in [3.8, 4) is 17.4 Å². The minimum absolute atomic E-state index is 0. The van der Waals surface area contributed by atoms with Crippen LogP contribution in [0.3, 0.4) is 0 Å². The van der Waals surface area contributed by atoms with Gasteiger partial charge in [-0.15, -0.1) is 0 Å². The predicted molar refractivity (Wildman–Crippen MR) is 97.6 cm³/mol.